The maximum absolute atomic E-state index is 8.00. The number of carbonyl (C=O) groups excluding carboxylic acids is 4. The van der Waals surface area contributed by atoms with E-state index in [0.29, 0.717) is 0 Å². The second kappa shape index (κ2) is 41.1. The van der Waals surface area contributed by atoms with Gasteiger partial charge in [-0.3, -0.25) is 0 Å². The molecule has 1 rings (SSSR count). The van der Waals surface area contributed by atoms with Gasteiger partial charge in [0.1, 0.15) is 27.2 Å². The van der Waals surface area contributed by atoms with Crippen molar-refractivity contribution in [3.63, 3.8) is 0 Å². The van der Waals surface area contributed by atoms with Gasteiger partial charge in [-0.25, -0.2) is 0 Å². The first-order valence-corrected chi connectivity index (χ1v) is 3.79. The van der Waals surface area contributed by atoms with Crippen LogP contribution in [0.1, 0.15) is 6.42 Å². The van der Waals surface area contributed by atoms with Crippen LogP contribution in [0.5, 0.6) is 0 Å². The Bertz CT molecular complexity index is 149. The Labute approximate surface area is 93.0 Å². The van der Waals surface area contributed by atoms with Gasteiger partial charge in [0.25, 0.3) is 0 Å². The molecule has 0 saturated carbocycles. The molecule has 0 fully saturated rings. The van der Waals surface area contributed by atoms with E-state index in [-0.39, 0.29) is 0 Å². The summed E-state index contributed by atoms with van der Waals surface area (Å²) in [4.78, 5) is 32.0. The Kier molecular flexibility index (Phi) is 67.5. The second-order valence-corrected chi connectivity index (χ2v) is 2.19. The van der Waals surface area contributed by atoms with Gasteiger partial charge in [0.15, 0.2) is 0 Å². The Morgan fingerprint density at radius 1 is 0.929 bits per heavy atom. The third-order valence-corrected chi connectivity index (χ3v) is 1.27. The summed E-state index contributed by atoms with van der Waals surface area (Å²) in [6, 6.07) is 0. The van der Waals surface area contributed by atoms with Crippen LogP contribution < -0.4 is 0 Å². The fourth-order valence-corrected chi connectivity index (χ4v) is 0.735. The van der Waals surface area contributed by atoms with Crippen LogP contribution in [0.15, 0.2) is 22.5 Å². The summed E-state index contributed by atoms with van der Waals surface area (Å²) in [5.74, 6) is 0. The second-order valence-electron chi connectivity index (χ2n) is 1.29. The summed E-state index contributed by atoms with van der Waals surface area (Å²) < 4.78 is 1.41. The Balaban J connectivity index is -0.0000000542. The van der Waals surface area contributed by atoms with E-state index in [9.17, 15) is 0 Å². The molecule has 5 heteroatoms. The Morgan fingerprint density at radius 2 is 1.29 bits per heavy atom. The fourth-order valence-electron chi connectivity index (χ4n) is 0.436. The predicted octanol–water partition coefficient (Wildman–Crippen LogP) is 0.637. The van der Waals surface area contributed by atoms with Gasteiger partial charge >= 0.3 is 46.4 Å². The quantitative estimate of drug-likeness (QED) is 0.618. The summed E-state index contributed by atoms with van der Waals surface area (Å²) in [5, 5.41) is 0. The van der Waals surface area contributed by atoms with Crippen molar-refractivity contribution in [2.75, 3.05) is 0 Å². The molecule has 0 bridgehead atoms. The van der Waals surface area contributed by atoms with Crippen LogP contribution in [-0.2, 0) is 36.6 Å². The molecule has 0 aromatic carbocycles. The SMILES string of the molecule is C=O.C=O.C=O.C=O.[V][C]1=CC=CC1. The standard InChI is InChI=1S/C5H5.4CH2O.V/c1-2-4-5-3-1;4*1-2;/h1-3H,4H2;4*1H2;. The summed E-state index contributed by atoms with van der Waals surface area (Å²) in [7, 11) is 0. The molecule has 4 nitrogen and oxygen atoms in total. The molecule has 78 valence electrons. The molecule has 0 aromatic rings. The first-order chi connectivity index (χ1) is 6.89. The van der Waals surface area contributed by atoms with Crippen molar-refractivity contribution in [1.82, 2.24) is 0 Å². The minimum atomic E-state index is 1.14. The van der Waals surface area contributed by atoms with E-state index < -0.39 is 0 Å². The zero-order chi connectivity index (χ0) is 12.4. The zero-order valence-electron chi connectivity index (χ0n) is 7.85. The first kappa shape index (κ1) is 23.0. The van der Waals surface area contributed by atoms with Crippen LogP contribution in [0.4, 0.5) is 0 Å². The van der Waals surface area contributed by atoms with Gasteiger partial charge in [-0.1, -0.05) is 0 Å². The molecule has 1 aliphatic carbocycles. The molecule has 0 radical (unpaired) electrons. The van der Waals surface area contributed by atoms with E-state index in [0.717, 1.165) is 6.42 Å². The molecule has 0 spiro atoms. The van der Waals surface area contributed by atoms with Crippen molar-refractivity contribution in [1.29, 1.82) is 0 Å². The van der Waals surface area contributed by atoms with Crippen molar-refractivity contribution in [3.8, 4) is 0 Å². The van der Waals surface area contributed by atoms with E-state index in [2.05, 4.69) is 35.7 Å². The molecule has 1 aliphatic rings. The van der Waals surface area contributed by atoms with E-state index in [1.54, 1.807) is 0 Å². The number of carbonyl (C=O) groups is 4. The van der Waals surface area contributed by atoms with Crippen LogP contribution in [0.3, 0.4) is 0 Å². The molecular weight excluding hydrogens is 223 g/mol. The van der Waals surface area contributed by atoms with Gasteiger partial charge in [-0.15, -0.1) is 0 Å². The van der Waals surface area contributed by atoms with E-state index in [4.69, 9.17) is 19.2 Å². The molecule has 0 aromatic heterocycles. The third-order valence-electron chi connectivity index (χ3n) is 0.752. The summed E-state index contributed by atoms with van der Waals surface area (Å²) in [5.41, 5.74) is 0. The van der Waals surface area contributed by atoms with Crippen LogP contribution in [0.2, 0.25) is 0 Å². The Morgan fingerprint density at radius 3 is 1.36 bits per heavy atom. The number of hydrogen-bond donors (Lipinski definition) is 0. The van der Waals surface area contributed by atoms with Gasteiger partial charge in [-0.05, 0) is 0 Å². The van der Waals surface area contributed by atoms with Crippen molar-refractivity contribution < 1.29 is 36.6 Å². The maximum atomic E-state index is 8.00. The van der Waals surface area contributed by atoms with E-state index in [1.807, 2.05) is 27.2 Å². The average molecular weight is 236 g/mol. The molecular formula is C9H13O4V. The number of hydrogen-bond acceptors (Lipinski definition) is 4. The van der Waals surface area contributed by atoms with Gasteiger partial charge in [0, 0.05) is 0 Å². The van der Waals surface area contributed by atoms with E-state index >= 15 is 0 Å². The topological polar surface area (TPSA) is 68.3 Å². The van der Waals surface area contributed by atoms with E-state index in [1.165, 1.54) is 4.28 Å². The molecule has 0 atom stereocenters. The average Bonchev–Trinajstić information content (AvgIpc) is 2.80. The van der Waals surface area contributed by atoms with Crippen LogP contribution in [0.25, 0.3) is 0 Å². The number of rotatable bonds is 0. The van der Waals surface area contributed by atoms with Gasteiger partial charge in [0.05, 0.1) is 0 Å². The van der Waals surface area contributed by atoms with Crippen molar-refractivity contribution in [2.45, 2.75) is 6.42 Å². The fraction of sp³-hybridized carbons (Fsp3) is 0.111. The number of allylic oxidation sites excluding steroid dienone is 4. The predicted molar refractivity (Wildman–Crippen MR) is 50.3 cm³/mol. The van der Waals surface area contributed by atoms with Crippen LogP contribution >= 0.6 is 0 Å². The molecule has 14 heavy (non-hydrogen) atoms. The zero-order valence-corrected chi connectivity index (χ0v) is 9.24. The van der Waals surface area contributed by atoms with Crippen LogP contribution in [-0.4, -0.2) is 27.2 Å². The first-order valence-electron chi connectivity index (χ1n) is 3.10. The molecule has 0 N–H and O–H groups in total. The summed E-state index contributed by atoms with van der Waals surface area (Å²) in [6.07, 6.45) is 7.47. The molecule has 0 saturated heterocycles. The van der Waals surface area contributed by atoms with Gasteiger partial charge < -0.3 is 19.2 Å². The third kappa shape index (κ3) is 30.9. The van der Waals surface area contributed by atoms with Crippen LogP contribution in [0, 0.1) is 0 Å². The molecule has 0 heterocycles. The summed E-state index contributed by atoms with van der Waals surface area (Å²) >= 11 is 2.54. The van der Waals surface area contributed by atoms with Gasteiger partial charge in [-0.2, -0.15) is 0 Å². The summed E-state index contributed by atoms with van der Waals surface area (Å²) in [6.45, 7) is 8.00. The normalized spacial score (nSPS) is 9.00. The molecule has 0 aliphatic heterocycles. The monoisotopic (exact) mass is 236 g/mol. The Hall–Kier alpha value is -1.26. The van der Waals surface area contributed by atoms with Crippen molar-refractivity contribution >= 4 is 27.2 Å². The molecule has 0 amide bonds. The minimum absolute atomic E-state index is 1.14. The van der Waals surface area contributed by atoms with Crippen molar-refractivity contribution in [3.05, 3.63) is 22.5 Å². The van der Waals surface area contributed by atoms with Gasteiger partial charge in [0.2, 0.25) is 0 Å². The molecule has 0 unspecified atom stereocenters. The van der Waals surface area contributed by atoms with Crippen molar-refractivity contribution in [2.24, 2.45) is 0 Å².